The van der Waals surface area contributed by atoms with Gasteiger partial charge in [-0.25, -0.2) is 4.98 Å². The van der Waals surface area contributed by atoms with Gasteiger partial charge in [-0.15, -0.1) is 5.10 Å². The van der Waals surface area contributed by atoms with Crippen molar-refractivity contribution in [3.63, 3.8) is 0 Å². The Labute approximate surface area is 110 Å². The van der Waals surface area contributed by atoms with E-state index in [4.69, 9.17) is 11.6 Å². The Bertz CT molecular complexity index is 557. The summed E-state index contributed by atoms with van der Waals surface area (Å²) in [7, 11) is 0. The minimum Gasteiger partial charge on any atom is -0.267 e. The average Bonchev–Trinajstić information content (AvgIpc) is 2.90. The molecule has 0 fully saturated rings. The fourth-order valence-electron chi connectivity index (χ4n) is 1.02. The molecule has 0 spiro atoms. The van der Waals surface area contributed by atoms with E-state index in [1.165, 1.54) is 24.5 Å². The molecule has 2 aromatic rings. The Balaban J connectivity index is 1.92. The highest BCUT2D eigenvalue weighted by Gasteiger charge is 2.10. The molecule has 2 rings (SSSR count). The first kappa shape index (κ1) is 12.4. The second-order valence-electron chi connectivity index (χ2n) is 3.06. The van der Waals surface area contributed by atoms with Crippen molar-refractivity contribution >= 4 is 34.9 Å². The first-order valence-corrected chi connectivity index (χ1v) is 5.81. The molecular weight excluding hydrogens is 278 g/mol. The maximum absolute atomic E-state index is 11.6. The zero-order chi connectivity index (χ0) is 13.0. The van der Waals surface area contributed by atoms with E-state index in [0.717, 1.165) is 11.5 Å². The highest BCUT2D eigenvalue weighted by molar-refractivity contribution is 7.07. The van der Waals surface area contributed by atoms with Gasteiger partial charge in [0, 0.05) is 6.20 Å². The minimum absolute atomic E-state index is 0.280. The molecule has 0 aliphatic rings. The third kappa shape index (κ3) is 2.99. The van der Waals surface area contributed by atoms with E-state index < -0.39 is 11.8 Å². The van der Waals surface area contributed by atoms with Gasteiger partial charge in [0.1, 0.15) is 10.0 Å². The number of carbonyl (C=O) groups is 2. The van der Waals surface area contributed by atoms with Crippen molar-refractivity contribution in [2.75, 3.05) is 0 Å². The third-order valence-corrected chi connectivity index (χ3v) is 2.75. The Morgan fingerprint density at radius 3 is 2.56 bits per heavy atom. The summed E-state index contributed by atoms with van der Waals surface area (Å²) in [5.74, 6) is -0.981. The fourth-order valence-corrected chi connectivity index (χ4v) is 1.55. The molecule has 0 saturated heterocycles. The van der Waals surface area contributed by atoms with Crippen molar-refractivity contribution in [2.45, 2.75) is 0 Å². The molecule has 2 N–H and O–H groups in total. The molecule has 0 saturated carbocycles. The first-order valence-electron chi connectivity index (χ1n) is 4.66. The zero-order valence-corrected chi connectivity index (χ0v) is 10.3. The van der Waals surface area contributed by atoms with E-state index >= 15 is 0 Å². The fraction of sp³-hybridized carbons (Fsp3) is 0. The van der Waals surface area contributed by atoms with Crippen LogP contribution in [0.3, 0.4) is 0 Å². The molecule has 0 bridgehead atoms. The van der Waals surface area contributed by atoms with Crippen LogP contribution >= 0.6 is 23.1 Å². The van der Waals surface area contributed by atoms with Crippen molar-refractivity contribution in [1.82, 2.24) is 25.4 Å². The third-order valence-electron chi connectivity index (χ3n) is 1.86. The van der Waals surface area contributed by atoms with Gasteiger partial charge in [-0.2, -0.15) is 0 Å². The van der Waals surface area contributed by atoms with Crippen molar-refractivity contribution in [2.24, 2.45) is 0 Å². The van der Waals surface area contributed by atoms with Crippen LogP contribution in [0.4, 0.5) is 0 Å². The van der Waals surface area contributed by atoms with E-state index in [-0.39, 0.29) is 10.7 Å². The quantitative estimate of drug-likeness (QED) is 0.623. The molecule has 0 aliphatic carbocycles. The summed E-state index contributed by atoms with van der Waals surface area (Å²) in [5.41, 5.74) is 4.74. The summed E-state index contributed by atoms with van der Waals surface area (Å²) >= 11 is 6.51. The number of carbonyl (C=O) groups excluding carboxylic acids is 2. The smallest absolute Gasteiger partial charge is 0.267 e. The number of hydrogen-bond donors (Lipinski definition) is 2. The molecule has 9 heteroatoms. The number of nitrogens with one attached hydrogen (secondary N) is 2. The summed E-state index contributed by atoms with van der Waals surface area (Å²) in [5, 5.41) is 3.79. The van der Waals surface area contributed by atoms with Gasteiger partial charge in [-0.05, 0) is 23.7 Å². The second-order valence-corrected chi connectivity index (χ2v) is 4.23. The van der Waals surface area contributed by atoms with Gasteiger partial charge in [0.2, 0.25) is 0 Å². The lowest BCUT2D eigenvalue weighted by Gasteiger charge is -2.05. The molecule has 92 valence electrons. The average molecular weight is 284 g/mol. The van der Waals surface area contributed by atoms with E-state index in [9.17, 15) is 9.59 Å². The van der Waals surface area contributed by atoms with Crippen LogP contribution in [0, 0.1) is 0 Å². The Hall–Kier alpha value is -2.06. The lowest BCUT2D eigenvalue weighted by molar-refractivity contribution is 0.0848. The molecule has 0 atom stereocenters. The summed E-state index contributed by atoms with van der Waals surface area (Å²) in [6, 6.07) is 2.97. The van der Waals surface area contributed by atoms with Crippen LogP contribution in [0.1, 0.15) is 20.0 Å². The summed E-state index contributed by atoms with van der Waals surface area (Å²) < 4.78 is 3.53. The number of rotatable bonds is 2. The number of nitrogens with zero attached hydrogens (tertiary/aromatic N) is 3. The van der Waals surface area contributed by atoms with E-state index in [1.54, 1.807) is 0 Å². The molecule has 0 aromatic carbocycles. The molecule has 2 aromatic heterocycles. The largest absolute Gasteiger partial charge is 0.283 e. The van der Waals surface area contributed by atoms with Crippen LogP contribution in [-0.2, 0) is 0 Å². The van der Waals surface area contributed by atoms with Crippen LogP contribution in [0.25, 0.3) is 0 Å². The summed E-state index contributed by atoms with van der Waals surface area (Å²) in [4.78, 5) is 27.1. The molecule has 18 heavy (non-hydrogen) atoms. The zero-order valence-electron chi connectivity index (χ0n) is 8.75. The molecule has 0 aliphatic heterocycles. The first-order chi connectivity index (χ1) is 8.66. The molecule has 0 unspecified atom stereocenters. The molecule has 0 radical (unpaired) electrons. The van der Waals surface area contributed by atoms with Crippen LogP contribution in [0.15, 0.2) is 24.5 Å². The number of hydrazine groups is 1. The van der Waals surface area contributed by atoms with Crippen molar-refractivity contribution < 1.29 is 9.59 Å². The monoisotopic (exact) mass is 283 g/mol. The second kappa shape index (κ2) is 5.52. The number of pyridine rings is 1. The predicted molar refractivity (Wildman–Crippen MR) is 64.1 cm³/mol. The lowest BCUT2D eigenvalue weighted by atomic mass is 10.3. The van der Waals surface area contributed by atoms with Gasteiger partial charge in [0.15, 0.2) is 0 Å². The predicted octanol–water partition coefficient (Wildman–Crippen LogP) is 0.661. The SMILES string of the molecule is O=C(NNC(=O)c1cnns1)c1ccc(Cl)nc1. The number of halogens is 1. The molecule has 2 heterocycles. The van der Waals surface area contributed by atoms with Gasteiger partial charge in [0.25, 0.3) is 11.8 Å². The standard InChI is InChI=1S/C9H6ClN5O2S/c10-7-2-1-5(3-11-7)8(16)13-14-9(17)6-4-12-15-18-6/h1-4H,(H,13,16)(H,14,17). The van der Waals surface area contributed by atoms with Crippen molar-refractivity contribution in [3.05, 3.63) is 40.1 Å². The normalized spacial score (nSPS) is 9.83. The van der Waals surface area contributed by atoms with Gasteiger partial charge < -0.3 is 0 Å². The van der Waals surface area contributed by atoms with Gasteiger partial charge in [0.05, 0.1) is 11.8 Å². The highest BCUT2D eigenvalue weighted by atomic mass is 35.5. The maximum Gasteiger partial charge on any atom is 0.283 e. The Morgan fingerprint density at radius 2 is 1.94 bits per heavy atom. The van der Waals surface area contributed by atoms with Gasteiger partial charge in [-0.1, -0.05) is 16.1 Å². The number of aromatic nitrogens is 3. The van der Waals surface area contributed by atoms with Crippen molar-refractivity contribution in [3.8, 4) is 0 Å². The van der Waals surface area contributed by atoms with E-state index in [2.05, 4.69) is 25.4 Å². The lowest BCUT2D eigenvalue weighted by Crippen LogP contribution is -2.41. The van der Waals surface area contributed by atoms with Crippen molar-refractivity contribution in [1.29, 1.82) is 0 Å². The van der Waals surface area contributed by atoms with Crippen LogP contribution < -0.4 is 10.9 Å². The molecular formula is C9H6ClN5O2S. The minimum atomic E-state index is -0.495. The maximum atomic E-state index is 11.6. The summed E-state index contributed by atoms with van der Waals surface area (Å²) in [6.45, 7) is 0. The number of hydrogen-bond acceptors (Lipinski definition) is 6. The molecule has 7 nitrogen and oxygen atoms in total. The van der Waals surface area contributed by atoms with E-state index in [1.807, 2.05) is 0 Å². The van der Waals surface area contributed by atoms with Crippen LogP contribution in [0.5, 0.6) is 0 Å². The van der Waals surface area contributed by atoms with Gasteiger partial charge >= 0.3 is 0 Å². The van der Waals surface area contributed by atoms with Crippen LogP contribution in [0.2, 0.25) is 5.15 Å². The van der Waals surface area contributed by atoms with Crippen LogP contribution in [-0.4, -0.2) is 26.4 Å². The summed E-state index contributed by atoms with van der Waals surface area (Å²) in [6.07, 6.45) is 2.61. The van der Waals surface area contributed by atoms with Gasteiger partial charge in [-0.3, -0.25) is 20.4 Å². The topological polar surface area (TPSA) is 96.9 Å². The Morgan fingerprint density at radius 1 is 1.17 bits per heavy atom. The Kier molecular flexibility index (Phi) is 3.80. The number of amides is 2. The molecule has 2 amide bonds. The van der Waals surface area contributed by atoms with E-state index in [0.29, 0.717) is 4.88 Å². The highest BCUT2D eigenvalue weighted by Crippen LogP contribution is 2.05.